The Morgan fingerprint density at radius 3 is 2.73 bits per heavy atom. The summed E-state index contributed by atoms with van der Waals surface area (Å²) in [5.74, 6) is -0.513. The Kier molecular flexibility index (Phi) is 6.28. The maximum atomic E-state index is 12.8. The first-order valence-corrected chi connectivity index (χ1v) is 12.7. The van der Waals surface area contributed by atoms with Gasteiger partial charge < -0.3 is 9.88 Å². The maximum Gasteiger partial charge on any atom is 0.252 e. The van der Waals surface area contributed by atoms with E-state index < -0.39 is 10.0 Å². The molecule has 1 aliphatic rings. The molecule has 1 fully saturated rings. The Morgan fingerprint density at radius 2 is 2.07 bits per heavy atom. The van der Waals surface area contributed by atoms with Crippen molar-refractivity contribution in [2.24, 2.45) is 13.0 Å². The minimum atomic E-state index is -3.53. The Morgan fingerprint density at radius 1 is 1.27 bits per heavy atom. The minimum absolute atomic E-state index is 0.148. The number of imidazole rings is 1. The predicted octanol–water partition coefficient (Wildman–Crippen LogP) is 3.67. The summed E-state index contributed by atoms with van der Waals surface area (Å²) in [6.45, 7) is 0.655. The van der Waals surface area contributed by atoms with E-state index in [-0.39, 0.29) is 18.4 Å². The molecule has 0 aliphatic carbocycles. The molecule has 2 aromatic heterocycles. The van der Waals surface area contributed by atoms with Crippen molar-refractivity contribution in [3.8, 4) is 0 Å². The summed E-state index contributed by atoms with van der Waals surface area (Å²) in [7, 11) is -1.59. The number of benzene rings is 1. The van der Waals surface area contributed by atoms with Gasteiger partial charge in [0.2, 0.25) is 5.91 Å². The summed E-state index contributed by atoms with van der Waals surface area (Å²) in [4.78, 5) is 18.1. The molecule has 0 radical (unpaired) electrons. The Bertz CT molecular complexity index is 1110. The van der Waals surface area contributed by atoms with Gasteiger partial charge in [0, 0.05) is 43.1 Å². The van der Waals surface area contributed by atoms with Gasteiger partial charge in [-0.2, -0.15) is 4.31 Å². The standard InChI is InChI=1S/C20H22N4O3S3/c1-23-12-10-21-20(23)29-17-8-6-16(7-9-17)22-19(25)15-4-2-11-24(14-15)30(26,27)18-5-3-13-28-18/h3,5-10,12-13,15H,2,4,11,14H2,1H3,(H,22,25). The third-order valence-electron chi connectivity index (χ3n) is 4.95. The lowest BCUT2D eigenvalue weighted by molar-refractivity contribution is -0.120. The summed E-state index contributed by atoms with van der Waals surface area (Å²) >= 11 is 2.75. The number of nitrogens with zero attached hydrogens (tertiary/aromatic N) is 3. The maximum absolute atomic E-state index is 12.8. The fourth-order valence-electron chi connectivity index (χ4n) is 3.32. The number of nitrogens with one attached hydrogen (secondary N) is 1. The fraction of sp³-hybridized carbons (Fsp3) is 0.300. The van der Waals surface area contributed by atoms with Crippen LogP contribution in [0.2, 0.25) is 0 Å². The van der Waals surface area contributed by atoms with Crippen molar-refractivity contribution in [3.05, 3.63) is 54.2 Å². The molecule has 30 heavy (non-hydrogen) atoms. The summed E-state index contributed by atoms with van der Waals surface area (Å²) in [5.41, 5.74) is 0.697. The van der Waals surface area contributed by atoms with E-state index in [1.54, 1.807) is 35.5 Å². The topological polar surface area (TPSA) is 84.3 Å². The van der Waals surface area contributed by atoms with Gasteiger partial charge in [-0.05, 0) is 48.6 Å². The molecule has 1 amide bonds. The van der Waals surface area contributed by atoms with Gasteiger partial charge in [-0.25, -0.2) is 13.4 Å². The number of carbonyl (C=O) groups is 1. The SMILES string of the molecule is Cn1ccnc1Sc1ccc(NC(=O)C2CCCN(S(=O)(=O)c3cccs3)C2)cc1. The number of piperidine rings is 1. The van der Waals surface area contributed by atoms with Gasteiger partial charge in [-0.1, -0.05) is 17.8 Å². The Balaban J connectivity index is 1.38. The lowest BCUT2D eigenvalue weighted by Crippen LogP contribution is -2.43. The second-order valence-electron chi connectivity index (χ2n) is 7.07. The van der Waals surface area contributed by atoms with Crippen molar-refractivity contribution < 1.29 is 13.2 Å². The highest BCUT2D eigenvalue weighted by Gasteiger charge is 2.33. The summed E-state index contributed by atoms with van der Waals surface area (Å²) in [6, 6.07) is 10.9. The van der Waals surface area contributed by atoms with Crippen LogP contribution in [0.15, 0.2) is 68.4 Å². The zero-order chi connectivity index (χ0) is 21.1. The molecule has 0 spiro atoms. The van der Waals surface area contributed by atoms with Crippen LogP contribution in [0, 0.1) is 5.92 Å². The number of hydrogen-bond donors (Lipinski definition) is 1. The molecule has 10 heteroatoms. The third kappa shape index (κ3) is 4.61. The molecule has 1 unspecified atom stereocenters. The predicted molar refractivity (Wildman–Crippen MR) is 118 cm³/mol. The number of aromatic nitrogens is 2. The summed E-state index contributed by atoms with van der Waals surface area (Å²) < 4.78 is 29.2. The molecule has 0 bridgehead atoms. The summed E-state index contributed by atoms with van der Waals surface area (Å²) in [5, 5.41) is 5.56. The van der Waals surface area contributed by atoms with Crippen molar-refractivity contribution in [2.45, 2.75) is 27.1 Å². The zero-order valence-electron chi connectivity index (χ0n) is 16.4. The van der Waals surface area contributed by atoms with Gasteiger partial charge >= 0.3 is 0 Å². The van der Waals surface area contributed by atoms with E-state index in [2.05, 4.69) is 10.3 Å². The summed E-state index contributed by atoms with van der Waals surface area (Å²) in [6.07, 6.45) is 4.99. The van der Waals surface area contributed by atoms with Crippen molar-refractivity contribution in [1.82, 2.24) is 13.9 Å². The lowest BCUT2D eigenvalue weighted by Gasteiger charge is -2.30. The van der Waals surface area contributed by atoms with E-state index in [9.17, 15) is 13.2 Å². The highest BCUT2D eigenvalue weighted by Crippen LogP contribution is 2.29. The second kappa shape index (κ2) is 8.93. The van der Waals surface area contributed by atoms with Crippen molar-refractivity contribution >= 4 is 44.7 Å². The largest absolute Gasteiger partial charge is 0.329 e. The van der Waals surface area contributed by atoms with E-state index in [1.165, 1.54) is 15.6 Å². The number of rotatable bonds is 6. The molecule has 1 N–H and O–H groups in total. The van der Waals surface area contributed by atoms with Gasteiger partial charge in [0.15, 0.2) is 5.16 Å². The van der Waals surface area contributed by atoms with Crippen LogP contribution in [0.25, 0.3) is 0 Å². The normalized spacial score (nSPS) is 17.7. The molecule has 1 aliphatic heterocycles. The highest BCUT2D eigenvalue weighted by atomic mass is 32.2. The fourth-order valence-corrected chi connectivity index (χ4v) is 6.79. The van der Waals surface area contributed by atoms with E-state index >= 15 is 0 Å². The van der Waals surface area contributed by atoms with E-state index in [4.69, 9.17) is 0 Å². The minimum Gasteiger partial charge on any atom is -0.329 e. The molecular weight excluding hydrogens is 440 g/mol. The number of thiophene rings is 1. The quantitative estimate of drug-likeness (QED) is 0.604. The van der Waals surface area contributed by atoms with Gasteiger partial charge in [-0.3, -0.25) is 4.79 Å². The van der Waals surface area contributed by atoms with Crippen molar-refractivity contribution in [3.63, 3.8) is 0 Å². The molecular formula is C20H22N4O3S3. The third-order valence-corrected chi connectivity index (χ3v) is 9.27. The number of sulfonamides is 1. The zero-order valence-corrected chi connectivity index (χ0v) is 18.8. The number of carbonyl (C=O) groups excluding carboxylic acids is 1. The van der Waals surface area contributed by atoms with Crippen LogP contribution in [-0.4, -0.2) is 41.3 Å². The van der Waals surface area contributed by atoms with Crippen LogP contribution < -0.4 is 5.32 Å². The van der Waals surface area contributed by atoms with Crippen molar-refractivity contribution in [1.29, 1.82) is 0 Å². The van der Waals surface area contributed by atoms with E-state index in [0.29, 0.717) is 29.3 Å². The average Bonchev–Trinajstić information content (AvgIpc) is 3.42. The van der Waals surface area contributed by atoms with Crippen LogP contribution in [0.1, 0.15) is 12.8 Å². The molecule has 4 rings (SSSR count). The molecule has 158 valence electrons. The van der Waals surface area contributed by atoms with E-state index in [0.717, 1.165) is 10.1 Å². The molecule has 3 aromatic rings. The first-order chi connectivity index (χ1) is 14.4. The Labute approximate surface area is 184 Å². The van der Waals surface area contributed by atoms with Crippen LogP contribution in [0.5, 0.6) is 0 Å². The first kappa shape index (κ1) is 21.1. The molecule has 1 aromatic carbocycles. The number of hydrogen-bond acceptors (Lipinski definition) is 6. The smallest absolute Gasteiger partial charge is 0.252 e. The molecule has 1 saturated heterocycles. The van der Waals surface area contributed by atoms with Gasteiger partial charge in [0.1, 0.15) is 4.21 Å². The van der Waals surface area contributed by atoms with E-state index in [1.807, 2.05) is 42.1 Å². The number of aryl methyl sites for hydroxylation is 1. The molecule has 3 heterocycles. The lowest BCUT2D eigenvalue weighted by atomic mass is 9.99. The van der Waals surface area contributed by atoms with Crippen LogP contribution in [0.4, 0.5) is 5.69 Å². The van der Waals surface area contributed by atoms with Crippen LogP contribution in [-0.2, 0) is 21.9 Å². The average molecular weight is 463 g/mol. The first-order valence-electron chi connectivity index (χ1n) is 9.53. The monoisotopic (exact) mass is 462 g/mol. The molecule has 0 saturated carbocycles. The molecule has 1 atom stereocenters. The van der Waals surface area contributed by atoms with Crippen LogP contribution in [0.3, 0.4) is 0 Å². The molecule has 7 nitrogen and oxygen atoms in total. The highest BCUT2D eigenvalue weighted by molar-refractivity contribution is 7.99. The van der Waals surface area contributed by atoms with Gasteiger partial charge in [0.05, 0.1) is 5.92 Å². The Hall–Kier alpha value is -2.14. The van der Waals surface area contributed by atoms with Gasteiger partial charge in [0.25, 0.3) is 10.0 Å². The second-order valence-corrected chi connectivity index (χ2v) is 11.2. The van der Waals surface area contributed by atoms with Gasteiger partial charge in [-0.15, -0.1) is 11.3 Å². The van der Waals surface area contributed by atoms with Crippen molar-refractivity contribution in [2.75, 3.05) is 18.4 Å². The number of amides is 1. The van der Waals surface area contributed by atoms with Crippen LogP contribution >= 0.6 is 23.1 Å². The number of anilines is 1.